The van der Waals surface area contributed by atoms with E-state index in [0.717, 1.165) is 24.3 Å². The Labute approximate surface area is 230 Å². The first-order valence-electron chi connectivity index (χ1n) is 12.5. The number of amides is 2. The van der Waals surface area contributed by atoms with Crippen molar-refractivity contribution in [2.75, 3.05) is 11.4 Å². The second-order valence-electron chi connectivity index (χ2n) is 9.28. The molecule has 1 unspecified atom stereocenters. The number of carbonyl (C=O) groups excluding carboxylic acids is 2. The van der Waals surface area contributed by atoms with Gasteiger partial charge in [0.05, 0.1) is 11.3 Å². The highest BCUT2D eigenvalue weighted by Gasteiger charge is 2.47. The predicted octanol–water partition coefficient (Wildman–Crippen LogP) is 5.03. The molecule has 2 atom stereocenters. The summed E-state index contributed by atoms with van der Waals surface area (Å²) in [5.41, 5.74) is -0.957. The van der Waals surface area contributed by atoms with E-state index in [9.17, 15) is 37.1 Å². The van der Waals surface area contributed by atoms with Crippen molar-refractivity contribution in [2.24, 2.45) is 0 Å². The zero-order valence-electron chi connectivity index (χ0n) is 21.4. The summed E-state index contributed by atoms with van der Waals surface area (Å²) >= 11 is 0. The van der Waals surface area contributed by atoms with Gasteiger partial charge in [-0.05, 0) is 55.0 Å². The van der Waals surface area contributed by atoms with E-state index in [2.05, 4.69) is 10.4 Å². The summed E-state index contributed by atoms with van der Waals surface area (Å²) < 4.78 is 55.1. The molecule has 1 aromatic heterocycles. The zero-order chi connectivity index (χ0) is 29.5. The monoisotopic (exact) mass is 566 g/mol. The van der Waals surface area contributed by atoms with E-state index in [1.165, 1.54) is 27.8 Å². The Hall–Kier alpha value is -5.00. The lowest BCUT2D eigenvalue weighted by Gasteiger charge is -2.38. The van der Waals surface area contributed by atoms with Crippen LogP contribution in [0.25, 0.3) is 5.69 Å². The van der Waals surface area contributed by atoms with Gasteiger partial charge in [-0.3, -0.25) is 14.5 Å². The van der Waals surface area contributed by atoms with Gasteiger partial charge in [-0.1, -0.05) is 36.4 Å². The average molecular weight is 567 g/mol. The number of likely N-dealkylation sites (N-methyl/N-ethyl adjacent to an activating group) is 1. The SMILES string of the molecule is CCN1C(=O)C(NC(=O)c2cccc(C(F)(F)F)c2)[C@@H](c2ccc(F)cc2)c2c(C(=O)O)nn(-c3ccccc3)c21. The quantitative estimate of drug-likeness (QED) is 0.319. The Morgan fingerprint density at radius 3 is 2.29 bits per heavy atom. The number of fused-ring (bicyclic) bond motifs is 1. The summed E-state index contributed by atoms with van der Waals surface area (Å²) in [7, 11) is 0. The molecule has 0 aliphatic carbocycles. The zero-order valence-corrected chi connectivity index (χ0v) is 21.4. The number of halogens is 4. The van der Waals surface area contributed by atoms with E-state index in [1.54, 1.807) is 37.3 Å². The van der Waals surface area contributed by atoms with Crippen LogP contribution in [0.4, 0.5) is 23.4 Å². The number of para-hydroxylation sites is 1. The first-order valence-corrected chi connectivity index (χ1v) is 12.5. The van der Waals surface area contributed by atoms with Crippen molar-refractivity contribution in [3.05, 3.63) is 113 Å². The van der Waals surface area contributed by atoms with Crippen LogP contribution in [0, 0.1) is 5.82 Å². The van der Waals surface area contributed by atoms with E-state index in [0.29, 0.717) is 17.3 Å². The first kappa shape index (κ1) is 27.6. The number of rotatable bonds is 6. The number of anilines is 1. The molecule has 41 heavy (non-hydrogen) atoms. The molecule has 0 bridgehead atoms. The number of carbonyl (C=O) groups is 3. The van der Waals surface area contributed by atoms with Gasteiger partial charge in [-0.15, -0.1) is 0 Å². The number of hydrogen-bond donors (Lipinski definition) is 2. The fourth-order valence-electron chi connectivity index (χ4n) is 5.00. The van der Waals surface area contributed by atoms with Crippen molar-refractivity contribution in [2.45, 2.75) is 25.1 Å². The van der Waals surface area contributed by atoms with Crippen LogP contribution >= 0.6 is 0 Å². The molecule has 0 radical (unpaired) electrons. The van der Waals surface area contributed by atoms with Crippen LogP contribution in [0.3, 0.4) is 0 Å². The van der Waals surface area contributed by atoms with Gasteiger partial charge in [0.2, 0.25) is 0 Å². The lowest BCUT2D eigenvalue weighted by Crippen LogP contribution is -2.55. The van der Waals surface area contributed by atoms with E-state index in [4.69, 9.17) is 0 Å². The number of carboxylic acids is 1. The second kappa shape index (κ2) is 10.5. The van der Waals surface area contributed by atoms with Gasteiger partial charge >= 0.3 is 12.1 Å². The molecule has 210 valence electrons. The number of aromatic nitrogens is 2. The highest BCUT2D eigenvalue weighted by Crippen LogP contribution is 2.43. The lowest BCUT2D eigenvalue weighted by atomic mass is 9.80. The summed E-state index contributed by atoms with van der Waals surface area (Å²) in [6, 6.07) is 15.7. The molecule has 2 N–H and O–H groups in total. The van der Waals surface area contributed by atoms with Crippen molar-refractivity contribution in [1.82, 2.24) is 15.1 Å². The maximum atomic E-state index is 14.0. The second-order valence-corrected chi connectivity index (χ2v) is 9.28. The van der Waals surface area contributed by atoms with E-state index < -0.39 is 53.0 Å². The number of benzene rings is 3. The first-order chi connectivity index (χ1) is 19.5. The number of nitrogens with zero attached hydrogens (tertiary/aromatic N) is 3. The minimum atomic E-state index is -4.70. The minimum absolute atomic E-state index is 0.0511. The normalized spacial score (nSPS) is 16.8. The number of nitrogens with one attached hydrogen (secondary N) is 1. The standard InChI is InChI=1S/C29H22F4N4O4/c1-2-36-26-22(24(28(40)41)35-37(26)20-9-4-3-5-10-20)21(16-11-13-19(30)14-12-16)23(27(36)39)34-25(38)17-7-6-8-18(15-17)29(31,32)33/h3-15,21,23H,2H2,1H3,(H,34,38)(H,40,41)/t21-,23?/m0/s1. The van der Waals surface area contributed by atoms with Crippen LogP contribution in [0.5, 0.6) is 0 Å². The summed E-state index contributed by atoms with van der Waals surface area (Å²) in [6.07, 6.45) is -4.70. The van der Waals surface area contributed by atoms with E-state index in [1.807, 2.05) is 0 Å². The van der Waals surface area contributed by atoms with E-state index >= 15 is 0 Å². The Bertz CT molecular complexity index is 1640. The molecule has 0 saturated carbocycles. The number of alkyl halides is 3. The van der Waals surface area contributed by atoms with Crippen molar-refractivity contribution < 1.29 is 37.1 Å². The lowest BCUT2D eigenvalue weighted by molar-refractivity contribution is -0.137. The molecule has 5 rings (SSSR count). The van der Waals surface area contributed by atoms with Gasteiger partial charge in [0, 0.05) is 23.6 Å². The van der Waals surface area contributed by atoms with Crippen LogP contribution in [0.2, 0.25) is 0 Å². The molecular weight excluding hydrogens is 544 g/mol. The third-order valence-corrected chi connectivity index (χ3v) is 6.82. The van der Waals surface area contributed by atoms with Crippen LogP contribution in [-0.2, 0) is 11.0 Å². The molecule has 8 nitrogen and oxygen atoms in total. The third kappa shape index (κ3) is 5.04. The average Bonchev–Trinajstić information content (AvgIpc) is 3.34. The van der Waals surface area contributed by atoms with Crippen molar-refractivity contribution in [3.63, 3.8) is 0 Å². The maximum Gasteiger partial charge on any atom is 0.416 e. The molecule has 4 aromatic rings. The third-order valence-electron chi connectivity index (χ3n) is 6.82. The fraction of sp³-hybridized carbons (Fsp3) is 0.172. The number of hydrogen-bond acceptors (Lipinski definition) is 4. The largest absolute Gasteiger partial charge is 0.476 e. The van der Waals surface area contributed by atoms with Gasteiger partial charge in [-0.2, -0.15) is 18.3 Å². The molecule has 1 aliphatic rings. The maximum absolute atomic E-state index is 14.0. The molecule has 1 aliphatic heterocycles. The van der Waals surface area contributed by atoms with Crippen LogP contribution < -0.4 is 10.2 Å². The fourth-order valence-corrected chi connectivity index (χ4v) is 5.00. The molecular formula is C29H22F4N4O4. The molecule has 2 heterocycles. The molecule has 12 heteroatoms. The summed E-state index contributed by atoms with van der Waals surface area (Å²) in [5.74, 6) is -4.64. The Morgan fingerprint density at radius 2 is 1.68 bits per heavy atom. The Kier molecular flexibility index (Phi) is 7.08. The predicted molar refractivity (Wildman–Crippen MR) is 139 cm³/mol. The summed E-state index contributed by atoms with van der Waals surface area (Å²) in [6.45, 7) is 1.70. The number of aromatic carboxylic acids is 1. The van der Waals surface area contributed by atoms with Crippen molar-refractivity contribution >= 4 is 23.6 Å². The van der Waals surface area contributed by atoms with Crippen molar-refractivity contribution in [3.8, 4) is 5.69 Å². The summed E-state index contributed by atoms with van der Waals surface area (Å²) in [4.78, 5) is 41.0. The van der Waals surface area contributed by atoms with Gasteiger partial charge in [-0.25, -0.2) is 13.9 Å². The smallest absolute Gasteiger partial charge is 0.416 e. The topological polar surface area (TPSA) is 105 Å². The molecule has 2 amide bonds. The van der Waals surface area contributed by atoms with Gasteiger partial charge in [0.15, 0.2) is 5.69 Å². The van der Waals surface area contributed by atoms with Crippen LogP contribution in [0.1, 0.15) is 50.4 Å². The summed E-state index contributed by atoms with van der Waals surface area (Å²) in [5, 5.41) is 17.0. The highest BCUT2D eigenvalue weighted by molar-refractivity contribution is 6.07. The van der Waals surface area contributed by atoms with E-state index in [-0.39, 0.29) is 23.5 Å². The molecule has 3 aromatic carbocycles. The minimum Gasteiger partial charge on any atom is -0.476 e. The van der Waals surface area contributed by atoms with Crippen LogP contribution in [0.15, 0.2) is 78.9 Å². The Morgan fingerprint density at radius 1 is 1.00 bits per heavy atom. The molecule has 0 spiro atoms. The molecule has 0 saturated heterocycles. The number of carboxylic acid groups (broad SMARTS) is 1. The van der Waals surface area contributed by atoms with Gasteiger partial charge < -0.3 is 10.4 Å². The van der Waals surface area contributed by atoms with Crippen molar-refractivity contribution in [1.29, 1.82) is 0 Å². The highest BCUT2D eigenvalue weighted by atomic mass is 19.4. The van der Waals surface area contributed by atoms with Crippen LogP contribution in [-0.4, -0.2) is 45.3 Å². The Balaban J connectivity index is 1.70. The van der Waals surface area contributed by atoms with Gasteiger partial charge in [0.25, 0.3) is 11.8 Å². The van der Waals surface area contributed by atoms with Gasteiger partial charge in [0.1, 0.15) is 17.7 Å². The molecule has 0 fully saturated rings.